The molecule has 0 aliphatic carbocycles. The molecule has 0 saturated heterocycles. The first-order valence-corrected chi connectivity index (χ1v) is 19.5. The fraction of sp³-hybridized carbons (Fsp3) is 0.0400. The summed E-state index contributed by atoms with van der Waals surface area (Å²) >= 11 is 3.78. The zero-order valence-electron chi connectivity index (χ0n) is 29.0. The number of rotatable bonds is 5. The van der Waals surface area contributed by atoms with Crippen molar-refractivity contribution in [3.8, 4) is 55.6 Å². The fourth-order valence-electron chi connectivity index (χ4n) is 7.91. The van der Waals surface area contributed by atoms with Crippen molar-refractivity contribution in [2.24, 2.45) is 0 Å². The van der Waals surface area contributed by atoms with Crippen LogP contribution < -0.4 is 0 Å². The molecule has 2 heterocycles. The van der Waals surface area contributed by atoms with Gasteiger partial charge in [-0.15, -0.1) is 22.7 Å². The fourth-order valence-corrected chi connectivity index (χ4v) is 10.4. The second kappa shape index (κ2) is 12.5. The Morgan fingerprint density at radius 1 is 0.308 bits per heavy atom. The van der Waals surface area contributed by atoms with E-state index in [0.717, 1.165) is 0 Å². The van der Waals surface area contributed by atoms with Crippen LogP contribution in [0.2, 0.25) is 0 Å². The van der Waals surface area contributed by atoms with Crippen LogP contribution in [0.15, 0.2) is 170 Å². The smallest absolute Gasteiger partial charge is 0.0433 e. The van der Waals surface area contributed by atoms with Crippen LogP contribution in [0.25, 0.3) is 96.0 Å². The first-order valence-electron chi connectivity index (χ1n) is 17.8. The molecule has 0 fully saturated rings. The molecule has 0 saturated carbocycles. The van der Waals surface area contributed by atoms with Gasteiger partial charge in [0.1, 0.15) is 0 Å². The minimum absolute atomic E-state index is 1.22. The summed E-state index contributed by atoms with van der Waals surface area (Å²) in [5.41, 5.74) is 15.2. The summed E-state index contributed by atoms with van der Waals surface area (Å²) in [6.07, 6.45) is 0. The molecule has 0 amide bonds. The molecular weight excluding hydrogens is 665 g/mol. The number of hydrogen-bond donors (Lipinski definition) is 0. The Balaban J connectivity index is 0.921. The summed E-state index contributed by atoms with van der Waals surface area (Å²) in [4.78, 5) is 0. The molecular formula is C50H34S2. The van der Waals surface area contributed by atoms with Gasteiger partial charge in [0.2, 0.25) is 0 Å². The van der Waals surface area contributed by atoms with E-state index in [-0.39, 0.29) is 0 Å². The first kappa shape index (κ1) is 31.0. The van der Waals surface area contributed by atoms with Crippen LogP contribution in [0, 0.1) is 13.8 Å². The van der Waals surface area contributed by atoms with Crippen molar-refractivity contribution in [3.05, 3.63) is 181 Å². The van der Waals surface area contributed by atoms with E-state index in [1.165, 1.54) is 107 Å². The highest BCUT2D eigenvalue weighted by atomic mass is 32.1. The third kappa shape index (κ3) is 5.26. The average Bonchev–Trinajstić information content (AvgIpc) is 3.77. The van der Waals surface area contributed by atoms with Gasteiger partial charge in [0.25, 0.3) is 0 Å². The van der Waals surface area contributed by atoms with Crippen LogP contribution in [0.5, 0.6) is 0 Å². The maximum Gasteiger partial charge on any atom is 0.0433 e. The molecule has 2 aromatic heterocycles. The predicted octanol–water partition coefficient (Wildman–Crippen LogP) is 15.4. The Labute approximate surface area is 311 Å². The number of benzene rings is 8. The van der Waals surface area contributed by atoms with Crippen LogP contribution in [0.1, 0.15) is 11.1 Å². The van der Waals surface area contributed by atoms with Gasteiger partial charge in [-0.25, -0.2) is 0 Å². The largest absolute Gasteiger partial charge is 0.135 e. The minimum atomic E-state index is 1.22. The Bertz CT molecular complexity index is 2960. The van der Waals surface area contributed by atoms with Crippen molar-refractivity contribution in [3.63, 3.8) is 0 Å². The maximum atomic E-state index is 2.35. The molecule has 10 rings (SSSR count). The van der Waals surface area contributed by atoms with Crippen molar-refractivity contribution in [1.82, 2.24) is 0 Å². The summed E-state index contributed by atoms with van der Waals surface area (Å²) in [5.74, 6) is 0. The van der Waals surface area contributed by atoms with Gasteiger partial charge >= 0.3 is 0 Å². The second-order valence-corrected chi connectivity index (χ2v) is 15.9. The van der Waals surface area contributed by atoms with Gasteiger partial charge < -0.3 is 0 Å². The highest BCUT2D eigenvalue weighted by Crippen LogP contribution is 2.42. The summed E-state index contributed by atoms with van der Waals surface area (Å²) in [5, 5.41) is 5.36. The Hall–Kier alpha value is -5.80. The molecule has 0 radical (unpaired) electrons. The van der Waals surface area contributed by atoms with E-state index in [2.05, 4.69) is 184 Å². The van der Waals surface area contributed by atoms with E-state index < -0.39 is 0 Å². The predicted molar refractivity (Wildman–Crippen MR) is 229 cm³/mol. The topological polar surface area (TPSA) is 0 Å². The van der Waals surface area contributed by atoms with Gasteiger partial charge in [-0.3, -0.25) is 0 Å². The Morgan fingerprint density at radius 2 is 0.769 bits per heavy atom. The molecule has 0 N–H and O–H groups in total. The van der Waals surface area contributed by atoms with Gasteiger partial charge in [0, 0.05) is 40.3 Å². The normalized spacial score (nSPS) is 11.7. The van der Waals surface area contributed by atoms with Crippen molar-refractivity contribution >= 4 is 63.0 Å². The molecule has 0 atom stereocenters. The number of aryl methyl sites for hydroxylation is 2. The molecule has 0 bridgehead atoms. The van der Waals surface area contributed by atoms with Crippen LogP contribution >= 0.6 is 22.7 Å². The van der Waals surface area contributed by atoms with Crippen LogP contribution in [-0.4, -0.2) is 0 Å². The van der Waals surface area contributed by atoms with Crippen LogP contribution in [0.4, 0.5) is 0 Å². The summed E-state index contributed by atoms with van der Waals surface area (Å²) in [7, 11) is 0. The van der Waals surface area contributed by atoms with Gasteiger partial charge in [0.15, 0.2) is 0 Å². The van der Waals surface area contributed by atoms with E-state index in [9.17, 15) is 0 Å². The zero-order valence-corrected chi connectivity index (χ0v) is 30.6. The van der Waals surface area contributed by atoms with Gasteiger partial charge in [-0.2, -0.15) is 0 Å². The number of hydrogen-bond acceptors (Lipinski definition) is 2. The van der Waals surface area contributed by atoms with Crippen molar-refractivity contribution < 1.29 is 0 Å². The highest BCUT2D eigenvalue weighted by Gasteiger charge is 2.14. The van der Waals surface area contributed by atoms with Crippen molar-refractivity contribution in [2.75, 3.05) is 0 Å². The van der Waals surface area contributed by atoms with E-state index in [0.29, 0.717) is 0 Å². The van der Waals surface area contributed by atoms with E-state index in [1.54, 1.807) is 0 Å². The Kier molecular flexibility index (Phi) is 7.42. The second-order valence-electron chi connectivity index (χ2n) is 13.8. The summed E-state index contributed by atoms with van der Waals surface area (Å²) in [6.45, 7) is 4.44. The SMILES string of the molecule is Cc1cc(-c2ccc(-c3ccc(-c4ccc(-c5cccc6c5sc5ccccc56)cc4C)cc3)cc2)cc(-c2cccc3c2sc2ccccc23)c1. The van der Waals surface area contributed by atoms with E-state index in [1.807, 2.05) is 22.7 Å². The summed E-state index contributed by atoms with van der Waals surface area (Å²) < 4.78 is 5.40. The lowest BCUT2D eigenvalue weighted by molar-refractivity contribution is 1.45. The maximum absolute atomic E-state index is 2.35. The molecule has 246 valence electrons. The number of fused-ring (bicyclic) bond motifs is 6. The first-order chi connectivity index (χ1) is 25.6. The zero-order chi connectivity index (χ0) is 34.8. The molecule has 52 heavy (non-hydrogen) atoms. The van der Waals surface area contributed by atoms with Crippen molar-refractivity contribution in [2.45, 2.75) is 13.8 Å². The van der Waals surface area contributed by atoms with E-state index in [4.69, 9.17) is 0 Å². The third-order valence-corrected chi connectivity index (χ3v) is 12.9. The van der Waals surface area contributed by atoms with Crippen LogP contribution in [0.3, 0.4) is 0 Å². The molecule has 0 aliphatic rings. The lowest BCUT2D eigenvalue weighted by Gasteiger charge is -2.12. The van der Waals surface area contributed by atoms with Crippen molar-refractivity contribution in [1.29, 1.82) is 0 Å². The van der Waals surface area contributed by atoms with E-state index >= 15 is 0 Å². The molecule has 0 spiro atoms. The summed E-state index contributed by atoms with van der Waals surface area (Å²) in [6, 6.07) is 62.9. The molecule has 0 unspecified atom stereocenters. The monoisotopic (exact) mass is 698 g/mol. The van der Waals surface area contributed by atoms with Crippen LogP contribution in [-0.2, 0) is 0 Å². The van der Waals surface area contributed by atoms with Gasteiger partial charge in [0.05, 0.1) is 0 Å². The van der Waals surface area contributed by atoms with Gasteiger partial charge in [-0.05, 0) is 98.8 Å². The third-order valence-electron chi connectivity index (χ3n) is 10.5. The molecule has 10 aromatic rings. The Morgan fingerprint density at radius 3 is 1.35 bits per heavy atom. The molecule has 8 aromatic carbocycles. The molecule has 0 aliphatic heterocycles. The standard InChI is InChI=1S/C50H34S2/c1-31-27-38(30-39(28-31)42-12-8-14-46-44-10-4-6-16-48(44)52-50(42)46)35-19-17-33(18-20-35)34-21-23-36(24-22-34)40-26-25-37(29-32(40)2)41-11-7-13-45-43-9-3-5-15-47(43)51-49(41)45/h3-30H,1-2H3. The quantitative estimate of drug-likeness (QED) is 0.168. The lowest BCUT2D eigenvalue weighted by atomic mass is 9.93. The molecule has 0 nitrogen and oxygen atoms in total. The minimum Gasteiger partial charge on any atom is -0.135 e. The van der Waals surface area contributed by atoms with Gasteiger partial charge in [-0.1, -0.05) is 152 Å². The molecule has 2 heteroatoms. The number of thiophene rings is 2. The average molecular weight is 699 g/mol. The lowest BCUT2D eigenvalue weighted by Crippen LogP contribution is -1.87. The highest BCUT2D eigenvalue weighted by molar-refractivity contribution is 7.26.